The molecule has 0 N–H and O–H groups in total. The van der Waals surface area contributed by atoms with Gasteiger partial charge in [-0.1, -0.05) is 0 Å². The minimum absolute atomic E-state index is 0. The second-order valence-electron chi connectivity index (χ2n) is 1.02. The van der Waals surface area contributed by atoms with Gasteiger partial charge in [0, 0.05) is 0 Å². The number of hydrogen-bond acceptors (Lipinski definition) is 17. The molecule has 0 rings (SSSR count). The van der Waals surface area contributed by atoms with E-state index in [1.54, 1.807) is 128 Å². The summed E-state index contributed by atoms with van der Waals surface area (Å²) in [5.74, 6) is 0. The van der Waals surface area contributed by atoms with Crippen molar-refractivity contribution in [1.29, 1.82) is 0 Å². The Labute approximate surface area is 204 Å². The van der Waals surface area contributed by atoms with Gasteiger partial charge in [0.1, 0.15) is 0 Å². The zero-order valence-electron chi connectivity index (χ0n) is 8.94. The maximum atomic E-state index is 4.74. The monoisotopic (exact) mass is 558 g/mol. The van der Waals surface area contributed by atoms with Crippen molar-refractivity contribution in [3.63, 3.8) is 0 Å². The van der Waals surface area contributed by atoms with Crippen molar-refractivity contribution in [2.75, 3.05) is 0 Å². The fourth-order valence-electron chi connectivity index (χ4n) is 0.147. The summed E-state index contributed by atoms with van der Waals surface area (Å²) in [4.78, 5) is 0. The Morgan fingerprint density at radius 3 is 0.632 bits per heavy atom. The molecule has 0 aromatic rings. The Hall–Kier alpha value is 7.14. The molecule has 0 aliphatic heterocycles. The molecule has 0 aromatic heterocycles. The molecule has 0 saturated heterocycles. The van der Waals surface area contributed by atoms with Crippen LogP contribution in [0.25, 0.3) is 0 Å². The van der Waals surface area contributed by atoms with Crippen LogP contribution in [0, 0.1) is 0 Å². The van der Waals surface area contributed by atoms with E-state index in [0.717, 1.165) is 0 Å². The summed E-state index contributed by atoms with van der Waals surface area (Å²) >= 11 is 9.48. The van der Waals surface area contributed by atoms with Crippen LogP contribution in [0.4, 0.5) is 0 Å². The van der Waals surface area contributed by atoms with Gasteiger partial charge in [-0.05, 0) is 128 Å². The molecule has 0 radical (unpaired) electrons. The SMILES string of the molecule is [Li+].[Li+].[S-]SSSSSSSSSSSSSSS[S-]. The van der Waals surface area contributed by atoms with Crippen LogP contribution in [0.3, 0.4) is 0 Å². The van der Waals surface area contributed by atoms with Crippen molar-refractivity contribution in [2.45, 2.75) is 0 Å². The quantitative estimate of drug-likeness (QED) is 0.131. The van der Waals surface area contributed by atoms with Crippen molar-refractivity contribution in [1.82, 2.24) is 0 Å². The van der Waals surface area contributed by atoms with Crippen molar-refractivity contribution in [2.24, 2.45) is 0 Å². The third kappa shape index (κ3) is 30.1. The topological polar surface area (TPSA) is 0 Å². The molecule has 0 aliphatic rings. The van der Waals surface area contributed by atoms with Crippen molar-refractivity contribution in [3.05, 3.63) is 0 Å². The van der Waals surface area contributed by atoms with Crippen LogP contribution in [0.1, 0.15) is 0 Å². The molecule has 0 heterocycles. The normalized spacial score (nSPS) is 9.79. The predicted octanol–water partition coefficient (Wildman–Crippen LogP) is 3.73. The van der Waals surface area contributed by atoms with Crippen LogP contribution in [-0.4, -0.2) is 0 Å². The van der Waals surface area contributed by atoms with E-state index in [-0.39, 0.29) is 37.7 Å². The van der Waals surface area contributed by atoms with Gasteiger partial charge < -0.3 is 23.3 Å². The maximum Gasteiger partial charge on any atom is 1.00 e. The first-order valence-electron chi connectivity index (χ1n) is 2.67. The summed E-state index contributed by atoms with van der Waals surface area (Å²) in [5.41, 5.74) is 0. The van der Waals surface area contributed by atoms with E-state index in [1.807, 2.05) is 0 Å². The fourth-order valence-corrected chi connectivity index (χ4v) is 35.8. The number of rotatable bonds is 14. The van der Waals surface area contributed by atoms with E-state index in [0.29, 0.717) is 0 Å². The maximum absolute atomic E-state index is 4.74. The molecule has 19 heteroatoms. The van der Waals surface area contributed by atoms with Crippen LogP contribution >= 0.6 is 147 Å². The largest absolute Gasteiger partial charge is 1.00 e. The Kier molecular flexibility index (Phi) is 48.5. The first-order chi connectivity index (χ1) is 8.41. The minimum atomic E-state index is 0. The van der Waals surface area contributed by atoms with Crippen molar-refractivity contribution >= 4 is 171 Å². The fraction of sp³-hybridized carbons (Fsp3) is 0. The molecule has 19 heavy (non-hydrogen) atoms. The van der Waals surface area contributed by atoms with Gasteiger partial charge in [-0.3, -0.25) is 19.7 Å². The Morgan fingerprint density at radius 2 is 0.474 bits per heavy atom. The van der Waals surface area contributed by atoms with Crippen molar-refractivity contribution < 1.29 is 37.7 Å². The van der Waals surface area contributed by atoms with Gasteiger partial charge in [0.05, 0.1) is 0 Å². The molecule has 0 spiro atoms. The number of hydrogen-bond donors (Lipinski definition) is 0. The molecule has 0 bridgehead atoms. The summed E-state index contributed by atoms with van der Waals surface area (Å²) in [7, 11) is 25.4. The summed E-state index contributed by atoms with van der Waals surface area (Å²) < 4.78 is 0. The third-order valence-corrected chi connectivity index (χ3v) is 31.5. The zero-order chi connectivity index (χ0) is 12.6. The molecule has 0 nitrogen and oxygen atoms in total. The molecular formula is Li2S17. The minimum Gasteiger partial charge on any atom is -0.706 e. The van der Waals surface area contributed by atoms with Gasteiger partial charge in [-0.15, -0.1) is 0 Å². The van der Waals surface area contributed by atoms with E-state index < -0.39 is 0 Å². The van der Waals surface area contributed by atoms with Gasteiger partial charge in [-0.25, -0.2) is 0 Å². The van der Waals surface area contributed by atoms with E-state index in [1.165, 1.54) is 19.7 Å². The Morgan fingerprint density at radius 1 is 0.316 bits per heavy atom. The summed E-state index contributed by atoms with van der Waals surface area (Å²) in [6, 6.07) is 0. The second kappa shape index (κ2) is 29.9. The second-order valence-corrected chi connectivity index (χ2v) is 27.6. The Balaban J connectivity index is -0.00000128. The van der Waals surface area contributed by atoms with Crippen LogP contribution < -0.4 is 37.7 Å². The first kappa shape index (κ1) is 30.9. The molecule has 0 unspecified atom stereocenters. The molecule has 0 aromatic carbocycles. The standard InChI is InChI=1S/2Li.H2S17/c;;1-3-5-7-9-11-13-15-17-16-14-12-10-8-6-4-2/h;;1-2H/q2*+1;/p-2. The summed E-state index contributed by atoms with van der Waals surface area (Å²) in [6.45, 7) is 0. The van der Waals surface area contributed by atoms with Crippen LogP contribution in [0.15, 0.2) is 0 Å². The zero-order valence-corrected chi connectivity index (χ0v) is 22.8. The van der Waals surface area contributed by atoms with Gasteiger partial charge in [0.2, 0.25) is 0 Å². The molecule has 0 atom stereocenters. The van der Waals surface area contributed by atoms with E-state index in [2.05, 4.69) is 0 Å². The first-order valence-corrected chi connectivity index (χ1v) is 24.0. The predicted molar refractivity (Wildman–Crippen MR) is 129 cm³/mol. The molecular weight excluding hydrogens is 559 g/mol. The molecule has 0 saturated carbocycles. The Bertz CT molecular complexity index is 112. The van der Waals surface area contributed by atoms with Gasteiger partial charge in [0.15, 0.2) is 0 Å². The smallest absolute Gasteiger partial charge is 0.706 e. The van der Waals surface area contributed by atoms with Crippen LogP contribution in [-0.2, 0) is 23.3 Å². The van der Waals surface area contributed by atoms with Gasteiger partial charge >= 0.3 is 37.7 Å². The average molecular weight is 559 g/mol. The molecule has 0 amide bonds. The van der Waals surface area contributed by atoms with Crippen LogP contribution in [0.2, 0.25) is 0 Å². The van der Waals surface area contributed by atoms with Gasteiger partial charge in [0.25, 0.3) is 0 Å². The van der Waals surface area contributed by atoms with E-state index >= 15 is 0 Å². The van der Waals surface area contributed by atoms with Crippen molar-refractivity contribution in [3.8, 4) is 0 Å². The molecule has 0 fully saturated rings. The third-order valence-electron chi connectivity index (χ3n) is 0.389. The summed E-state index contributed by atoms with van der Waals surface area (Å²) in [5, 5.41) is 0. The average Bonchev–Trinajstić information content (AvgIpc) is 2.35. The van der Waals surface area contributed by atoms with Crippen LogP contribution in [0.5, 0.6) is 0 Å². The van der Waals surface area contributed by atoms with E-state index in [9.17, 15) is 0 Å². The molecule has 104 valence electrons. The molecule has 0 aliphatic carbocycles. The van der Waals surface area contributed by atoms with Gasteiger partial charge in [-0.2, -0.15) is 0 Å². The summed E-state index contributed by atoms with van der Waals surface area (Å²) in [6.07, 6.45) is 0. The van der Waals surface area contributed by atoms with E-state index in [4.69, 9.17) is 23.3 Å².